The van der Waals surface area contributed by atoms with Crippen LogP contribution < -0.4 is 10.6 Å². The fraction of sp³-hybridized carbons (Fsp3) is 0.929. The molecule has 0 aromatic carbocycles. The van der Waals surface area contributed by atoms with E-state index in [2.05, 4.69) is 17.6 Å². The summed E-state index contributed by atoms with van der Waals surface area (Å²) in [5.41, 5.74) is 0.429. The predicted molar refractivity (Wildman–Crippen MR) is 69.3 cm³/mol. The molecule has 1 aliphatic heterocycles. The Morgan fingerprint density at radius 2 is 2.33 bits per heavy atom. The van der Waals surface area contributed by atoms with Crippen LogP contribution in [0, 0.1) is 5.41 Å². The summed E-state index contributed by atoms with van der Waals surface area (Å²) < 4.78 is 5.84. The summed E-state index contributed by atoms with van der Waals surface area (Å²) in [6, 6.07) is 0.959. The Morgan fingerprint density at radius 1 is 1.50 bits per heavy atom. The third kappa shape index (κ3) is 1.95. The summed E-state index contributed by atoms with van der Waals surface area (Å²) in [6.45, 7) is 3.84. The van der Waals surface area contributed by atoms with Crippen LogP contribution in [0.15, 0.2) is 0 Å². The lowest BCUT2D eigenvalue weighted by Crippen LogP contribution is -2.67. The molecule has 1 heterocycles. The van der Waals surface area contributed by atoms with Gasteiger partial charge in [-0.3, -0.25) is 4.79 Å². The Hall–Kier alpha value is -0.610. The van der Waals surface area contributed by atoms with Gasteiger partial charge in [0.2, 0.25) is 5.91 Å². The van der Waals surface area contributed by atoms with Crippen molar-refractivity contribution in [1.29, 1.82) is 0 Å². The van der Waals surface area contributed by atoms with Gasteiger partial charge in [0.25, 0.3) is 0 Å². The molecular formula is C14H24N2O2. The molecule has 18 heavy (non-hydrogen) atoms. The highest BCUT2D eigenvalue weighted by Gasteiger charge is 2.58. The molecule has 3 fully saturated rings. The zero-order valence-corrected chi connectivity index (χ0v) is 11.2. The molecule has 2 saturated carbocycles. The number of ether oxygens (including phenoxy) is 1. The summed E-state index contributed by atoms with van der Waals surface area (Å²) in [5.74, 6) is 0.209. The van der Waals surface area contributed by atoms with E-state index in [9.17, 15) is 4.79 Å². The molecule has 0 aromatic heterocycles. The summed E-state index contributed by atoms with van der Waals surface area (Å²) in [6.07, 6.45) is 7.28. The highest BCUT2D eigenvalue weighted by Crippen LogP contribution is 2.57. The predicted octanol–water partition coefficient (Wildman–Crippen LogP) is 1.20. The van der Waals surface area contributed by atoms with Crippen LogP contribution in [0.3, 0.4) is 0 Å². The van der Waals surface area contributed by atoms with Crippen molar-refractivity contribution in [2.75, 3.05) is 13.2 Å². The molecule has 4 nitrogen and oxygen atoms in total. The van der Waals surface area contributed by atoms with E-state index in [1.807, 2.05) is 0 Å². The largest absolute Gasteiger partial charge is 0.378 e. The fourth-order valence-corrected chi connectivity index (χ4v) is 3.84. The number of amides is 1. The average molecular weight is 252 g/mol. The topological polar surface area (TPSA) is 50.4 Å². The van der Waals surface area contributed by atoms with Gasteiger partial charge < -0.3 is 15.4 Å². The second-order valence-electron chi connectivity index (χ2n) is 6.03. The number of hydrogen-bond donors (Lipinski definition) is 2. The van der Waals surface area contributed by atoms with Crippen molar-refractivity contribution in [3.63, 3.8) is 0 Å². The number of nitrogens with one attached hydrogen (secondary N) is 2. The van der Waals surface area contributed by atoms with Gasteiger partial charge in [-0.15, -0.1) is 0 Å². The van der Waals surface area contributed by atoms with Gasteiger partial charge >= 0.3 is 0 Å². The number of carbonyl (C=O) groups excluding carboxylic acids is 1. The minimum Gasteiger partial charge on any atom is -0.378 e. The van der Waals surface area contributed by atoms with Crippen molar-refractivity contribution in [3.8, 4) is 0 Å². The van der Waals surface area contributed by atoms with Crippen LogP contribution in [0.2, 0.25) is 0 Å². The lowest BCUT2D eigenvalue weighted by atomic mass is 9.51. The minimum absolute atomic E-state index is 0.209. The van der Waals surface area contributed by atoms with Crippen molar-refractivity contribution in [2.24, 2.45) is 5.41 Å². The van der Waals surface area contributed by atoms with Crippen LogP contribution in [0.25, 0.3) is 0 Å². The van der Waals surface area contributed by atoms with Crippen molar-refractivity contribution < 1.29 is 9.53 Å². The molecule has 0 aromatic rings. The molecular weight excluding hydrogens is 228 g/mol. The minimum atomic E-state index is 0.209. The summed E-state index contributed by atoms with van der Waals surface area (Å²) in [5, 5.41) is 6.69. The van der Waals surface area contributed by atoms with Crippen molar-refractivity contribution in [2.45, 2.75) is 63.6 Å². The number of hydrogen-bond acceptors (Lipinski definition) is 3. The van der Waals surface area contributed by atoms with Crippen molar-refractivity contribution >= 4 is 5.91 Å². The second-order valence-corrected chi connectivity index (χ2v) is 6.03. The standard InChI is InChI=1S/C14H24N2O2/c1-2-18-12-8-11(14(12)6-3-7-14)15-9-10-4-5-13(17)16-10/h10-12,15H,2-9H2,1H3,(H,16,17). The second kappa shape index (κ2) is 4.82. The van der Waals surface area contributed by atoms with Crippen LogP contribution in [-0.4, -0.2) is 37.2 Å². The number of rotatable bonds is 5. The van der Waals surface area contributed by atoms with Gasteiger partial charge in [-0.2, -0.15) is 0 Å². The summed E-state index contributed by atoms with van der Waals surface area (Å²) >= 11 is 0. The molecule has 1 saturated heterocycles. The lowest BCUT2D eigenvalue weighted by Gasteiger charge is -2.61. The highest BCUT2D eigenvalue weighted by atomic mass is 16.5. The molecule has 0 bridgehead atoms. The lowest BCUT2D eigenvalue weighted by molar-refractivity contribution is -0.172. The SMILES string of the molecule is CCOC1CC(NCC2CCC(=O)N2)C12CCC2. The molecule has 2 N–H and O–H groups in total. The van der Waals surface area contributed by atoms with Crippen LogP contribution in [0.1, 0.15) is 45.4 Å². The van der Waals surface area contributed by atoms with Gasteiger partial charge in [0.1, 0.15) is 0 Å². The molecule has 3 aliphatic rings. The summed E-state index contributed by atoms with van der Waals surface area (Å²) in [7, 11) is 0. The Kier molecular flexibility index (Phi) is 3.32. The third-order valence-corrected chi connectivity index (χ3v) is 5.13. The molecule has 3 unspecified atom stereocenters. The molecule has 4 heteroatoms. The Labute approximate surface area is 109 Å². The van der Waals surface area contributed by atoms with Crippen molar-refractivity contribution in [3.05, 3.63) is 0 Å². The van der Waals surface area contributed by atoms with E-state index in [0.717, 1.165) is 26.0 Å². The quantitative estimate of drug-likeness (QED) is 0.773. The van der Waals surface area contributed by atoms with E-state index in [1.165, 1.54) is 19.3 Å². The van der Waals surface area contributed by atoms with Crippen LogP contribution in [0.5, 0.6) is 0 Å². The first-order chi connectivity index (χ1) is 8.74. The van der Waals surface area contributed by atoms with Crippen molar-refractivity contribution in [1.82, 2.24) is 10.6 Å². The molecule has 3 atom stereocenters. The first kappa shape index (κ1) is 12.4. The van der Waals surface area contributed by atoms with E-state index in [1.54, 1.807) is 0 Å². The average Bonchev–Trinajstić information content (AvgIpc) is 2.66. The van der Waals surface area contributed by atoms with Gasteiger partial charge in [0.15, 0.2) is 0 Å². The first-order valence-electron chi connectivity index (χ1n) is 7.39. The Balaban J connectivity index is 1.47. The molecule has 102 valence electrons. The normalized spacial score (nSPS) is 37.2. The maximum absolute atomic E-state index is 11.2. The van der Waals surface area contributed by atoms with Gasteiger partial charge in [-0.1, -0.05) is 6.42 Å². The van der Waals surface area contributed by atoms with Crippen LogP contribution in [-0.2, 0) is 9.53 Å². The molecule has 3 rings (SSSR count). The van der Waals surface area contributed by atoms with E-state index < -0.39 is 0 Å². The zero-order chi connectivity index (χ0) is 12.6. The monoisotopic (exact) mass is 252 g/mol. The van der Waals surface area contributed by atoms with Crippen LogP contribution >= 0.6 is 0 Å². The molecule has 1 amide bonds. The summed E-state index contributed by atoms with van der Waals surface area (Å²) in [4.78, 5) is 11.2. The third-order valence-electron chi connectivity index (χ3n) is 5.13. The maximum atomic E-state index is 11.2. The number of carbonyl (C=O) groups is 1. The Morgan fingerprint density at radius 3 is 2.89 bits per heavy atom. The first-order valence-corrected chi connectivity index (χ1v) is 7.39. The fourth-order valence-electron chi connectivity index (χ4n) is 3.84. The van der Waals surface area contributed by atoms with Gasteiger partial charge in [-0.05, 0) is 32.6 Å². The maximum Gasteiger partial charge on any atom is 0.220 e. The van der Waals surface area contributed by atoms with Gasteiger partial charge in [-0.25, -0.2) is 0 Å². The molecule has 2 aliphatic carbocycles. The Bertz CT molecular complexity index is 328. The smallest absolute Gasteiger partial charge is 0.220 e. The van der Waals surface area contributed by atoms with E-state index in [0.29, 0.717) is 30.0 Å². The van der Waals surface area contributed by atoms with Gasteiger partial charge in [0, 0.05) is 37.1 Å². The van der Waals surface area contributed by atoms with Gasteiger partial charge in [0.05, 0.1) is 6.10 Å². The van der Waals surface area contributed by atoms with E-state index >= 15 is 0 Å². The van der Waals surface area contributed by atoms with E-state index in [4.69, 9.17) is 4.74 Å². The molecule has 1 spiro atoms. The van der Waals surface area contributed by atoms with Crippen LogP contribution in [0.4, 0.5) is 0 Å². The zero-order valence-electron chi connectivity index (χ0n) is 11.2. The van der Waals surface area contributed by atoms with E-state index in [-0.39, 0.29) is 5.91 Å². The highest BCUT2D eigenvalue weighted by molar-refractivity contribution is 5.78. The molecule has 0 radical (unpaired) electrons.